The molecule has 0 aliphatic heterocycles. The molecule has 0 bridgehead atoms. The van der Waals surface area contributed by atoms with E-state index in [0.717, 1.165) is 37.3 Å². The first-order chi connectivity index (χ1) is 10.2. The number of phenolic OH excluding ortho intramolecular Hbond substituents is 1. The van der Waals surface area contributed by atoms with E-state index in [4.69, 9.17) is 0 Å². The van der Waals surface area contributed by atoms with E-state index >= 15 is 0 Å². The molecule has 102 valence electrons. The number of aromatic nitrogens is 1. The lowest BCUT2D eigenvalue weighted by Gasteiger charge is -2.09. The Hall–Kier alpha value is -2.26. The van der Waals surface area contributed by atoms with Gasteiger partial charge in [0, 0.05) is 32.7 Å². The van der Waals surface area contributed by atoms with Gasteiger partial charge in [-0.2, -0.15) is 0 Å². The van der Waals surface area contributed by atoms with Crippen LogP contribution < -0.4 is 0 Å². The van der Waals surface area contributed by atoms with Crippen LogP contribution in [0, 0.1) is 0 Å². The number of benzene rings is 3. The Morgan fingerprint density at radius 1 is 0.905 bits per heavy atom. The van der Waals surface area contributed by atoms with Crippen LogP contribution in [-0.2, 0) is 0 Å². The molecular weight excluding hydrogens is 326 g/mol. The molecule has 3 heteroatoms. The number of hydrogen-bond acceptors (Lipinski definition) is 1. The number of rotatable bonds is 1. The van der Waals surface area contributed by atoms with Crippen molar-refractivity contribution in [3.63, 3.8) is 0 Å². The molecule has 0 saturated carbocycles. The summed E-state index contributed by atoms with van der Waals surface area (Å²) in [6.45, 7) is 0. The number of H-pyrrole nitrogens is 1. The zero-order chi connectivity index (χ0) is 14.4. The second-order valence-electron chi connectivity index (χ2n) is 5.07. The van der Waals surface area contributed by atoms with Gasteiger partial charge in [0.15, 0.2) is 0 Å². The monoisotopic (exact) mass is 337 g/mol. The highest BCUT2D eigenvalue weighted by molar-refractivity contribution is 9.10. The van der Waals surface area contributed by atoms with Crippen LogP contribution in [0.5, 0.6) is 5.75 Å². The Morgan fingerprint density at radius 2 is 1.76 bits per heavy atom. The number of phenols is 1. The molecule has 0 fully saturated rings. The average Bonchev–Trinajstić information content (AvgIpc) is 2.91. The van der Waals surface area contributed by atoms with E-state index in [1.807, 2.05) is 42.6 Å². The van der Waals surface area contributed by atoms with Crippen molar-refractivity contribution in [1.82, 2.24) is 4.98 Å². The van der Waals surface area contributed by atoms with E-state index in [1.54, 1.807) is 6.07 Å². The third kappa shape index (κ3) is 1.93. The predicted octanol–water partition coefficient (Wildman–Crippen LogP) is 5.46. The molecule has 0 amide bonds. The van der Waals surface area contributed by atoms with Crippen molar-refractivity contribution in [3.05, 3.63) is 65.3 Å². The maximum absolute atomic E-state index is 10.4. The van der Waals surface area contributed by atoms with Crippen LogP contribution in [-0.4, -0.2) is 10.1 Å². The smallest absolute Gasteiger partial charge is 0.124 e. The fourth-order valence-electron chi connectivity index (χ4n) is 2.85. The largest absolute Gasteiger partial charge is 0.507 e. The summed E-state index contributed by atoms with van der Waals surface area (Å²) in [5.41, 5.74) is 2.97. The van der Waals surface area contributed by atoms with Gasteiger partial charge in [-0.05, 0) is 35.0 Å². The number of hydrogen-bond donors (Lipinski definition) is 2. The molecule has 0 aliphatic rings. The van der Waals surface area contributed by atoms with Crippen molar-refractivity contribution in [2.75, 3.05) is 0 Å². The molecule has 0 unspecified atom stereocenters. The number of nitrogens with one attached hydrogen (secondary N) is 1. The Balaban J connectivity index is 2.12. The second-order valence-corrected chi connectivity index (χ2v) is 5.99. The summed E-state index contributed by atoms with van der Waals surface area (Å²) in [5, 5.41) is 13.6. The first-order valence-electron chi connectivity index (χ1n) is 6.72. The fraction of sp³-hybridized carbons (Fsp3) is 0. The number of fused-ring (bicyclic) bond motifs is 2. The molecule has 1 aromatic heterocycles. The van der Waals surface area contributed by atoms with Gasteiger partial charge >= 0.3 is 0 Å². The molecule has 4 rings (SSSR count). The third-order valence-corrected chi connectivity index (χ3v) is 4.31. The standard InChI is InChI=1S/C18H12BrNO/c19-12-6-7-13-11(9-12)5-8-17(21)18(13)15-10-20-16-4-2-1-3-14(15)16/h1-10,20-21H. The summed E-state index contributed by atoms with van der Waals surface area (Å²) in [6.07, 6.45) is 1.96. The number of aromatic amines is 1. The van der Waals surface area contributed by atoms with Gasteiger partial charge in [0.05, 0.1) is 0 Å². The zero-order valence-electron chi connectivity index (χ0n) is 11.1. The maximum atomic E-state index is 10.4. The number of aromatic hydroxyl groups is 1. The van der Waals surface area contributed by atoms with Crippen LogP contribution in [0.2, 0.25) is 0 Å². The summed E-state index contributed by atoms with van der Waals surface area (Å²) in [7, 11) is 0. The Labute approximate surface area is 130 Å². The normalized spacial score (nSPS) is 11.3. The van der Waals surface area contributed by atoms with Crippen LogP contribution >= 0.6 is 15.9 Å². The highest BCUT2D eigenvalue weighted by atomic mass is 79.9. The van der Waals surface area contributed by atoms with Crippen LogP contribution in [0.3, 0.4) is 0 Å². The Kier molecular flexibility index (Phi) is 2.76. The van der Waals surface area contributed by atoms with Crippen LogP contribution in [0.25, 0.3) is 32.8 Å². The van der Waals surface area contributed by atoms with E-state index in [9.17, 15) is 5.11 Å². The Bertz CT molecular complexity index is 971. The Morgan fingerprint density at radius 3 is 2.67 bits per heavy atom. The lowest BCUT2D eigenvalue weighted by atomic mass is 9.97. The minimum absolute atomic E-state index is 0.301. The van der Waals surface area contributed by atoms with E-state index in [1.165, 1.54) is 0 Å². The lowest BCUT2D eigenvalue weighted by Crippen LogP contribution is -1.82. The van der Waals surface area contributed by atoms with Crippen molar-refractivity contribution in [1.29, 1.82) is 0 Å². The van der Waals surface area contributed by atoms with E-state index in [-0.39, 0.29) is 0 Å². The summed E-state index contributed by atoms with van der Waals surface area (Å²) >= 11 is 3.50. The van der Waals surface area contributed by atoms with Crippen LogP contribution in [0.15, 0.2) is 65.3 Å². The zero-order valence-corrected chi connectivity index (χ0v) is 12.7. The highest BCUT2D eigenvalue weighted by Crippen LogP contribution is 2.40. The molecule has 2 nitrogen and oxygen atoms in total. The van der Waals surface area contributed by atoms with Crippen molar-refractivity contribution >= 4 is 37.6 Å². The van der Waals surface area contributed by atoms with E-state index < -0.39 is 0 Å². The van der Waals surface area contributed by atoms with Gasteiger partial charge in [-0.25, -0.2) is 0 Å². The molecule has 0 atom stereocenters. The van der Waals surface area contributed by atoms with E-state index in [0.29, 0.717) is 5.75 Å². The molecule has 0 radical (unpaired) electrons. The van der Waals surface area contributed by atoms with Gasteiger partial charge in [-0.1, -0.05) is 46.3 Å². The molecule has 4 aromatic rings. The lowest BCUT2D eigenvalue weighted by molar-refractivity contribution is 0.478. The summed E-state index contributed by atoms with van der Waals surface area (Å²) in [6, 6.07) is 17.9. The minimum atomic E-state index is 0.301. The van der Waals surface area contributed by atoms with Gasteiger partial charge in [0.2, 0.25) is 0 Å². The molecule has 2 N–H and O–H groups in total. The first kappa shape index (κ1) is 12.5. The maximum Gasteiger partial charge on any atom is 0.124 e. The number of para-hydroxylation sites is 1. The topological polar surface area (TPSA) is 36.0 Å². The molecule has 3 aromatic carbocycles. The fourth-order valence-corrected chi connectivity index (χ4v) is 3.23. The van der Waals surface area contributed by atoms with Crippen molar-refractivity contribution < 1.29 is 5.11 Å². The quantitative estimate of drug-likeness (QED) is 0.475. The van der Waals surface area contributed by atoms with Crippen molar-refractivity contribution in [2.45, 2.75) is 0 Å². The van der Waals surface area contributed by atoms with Gasteiger partial charge in [0.25, 0.3) is 0 Å². The third-order valence-electron chi connectivity index (χ3n) is 3.82. The van der Waals surface area contributed by atoms with Gasteiger partial charge < -0.3 is 10.1 Å². The summed E-state index contributed by atoms with van der Waals surface area (Å²) < 4.78 is 1.03. The molecule has 1 heterocycles. The van der Waals surface area contributed by atoms with Crippen molar-refractivity contribution in [2.24, 2.45) is 0 Å². The minimum Gasteiger partial charge on any atom is -0.507 e. The van der Waals surface area contributed by atoms with Crippen LogP contribution in [0.1, 0.15) is 0 Å². The van der Waals surface area contributed by atoms with Crippen molar-refractivity contribution in [3.8, 4) is 16.9 Å². The molecular formula is C18H12BrNO. The summed E-state index contributed by atoms with van der Waals surface area (Å²) in [5.74, 6) is 0.301. The van der Waals surface area contributed by atoms with Gasteiger partial charge in [-0.3, -0.25) is 0 Å². The SMILES string of the molecule is Oc1ccc2cc(Br)ccc2c1-c1c[nH]c2ccccc12. The highest BCUT2D eigenvalue weighted by Gasteiger charge is 2.13. The summed E-state index contributed by atoms with van der Waals surface area (Å²) in [4.78, 5) is 3.27. The first-order valence-corrected chi connectivity index (χ1v) is 7.51. The number of halogens is 1. The van der Waals surface area contributed by atoms with Gasteiger partial charge in [-0.15, -0.1) is 0 Å². The average molecular weight is 338 g/mol. The predicted molar refractivity (Wildman–Crippen MR) is 90.6 cm³/mol. The molecule has 0 spiro atoms. The van der Waals surface area contributed by atoms with E-state index in [2.05, 4.69) is 33.0 Å². The molecule has 0 aliphatic carbocycles. The second kappa shape index (κ2) is 4.64. The van der Waals surface area contributed by atoms with Gasteiger partial charge in [0.1, 0.15) is 5.75 Å². The van der Waals surface area contributed by atoms with Crippen LogP contribution in [0.4, 0.5) is 0 Å². The molecule has 21 heavy (non-hydrogen) atoms. The molecule has 0 saturated heterocycles.